The van der Waals surface area contributed by atoms with Gasteiger partial charge in [0, 0.05) is 49.6 Å². The van der Waals surface area contributed by atoms with Gasteiger partial charge in [0.1, 0.15) is 12.4 Å². The summed E-state index contributed by atoms with van der Waals surface area (Å²) in [6.07, 6.45) is 9.95. The summed E-state index contributed by atoms with van der Waals surface area (Å²) in [7, 11) is 1.54. The fourth-order valence-corrected chi connectivity index (χ4v) is 3.83. The number of hydrogen-bond donors (Lipinski definition) is 1. The molecule has 3 rings (SSSR count). The first kappa shape index (κ1) is 20.4. The van der Waals surface area contributed by atoms with Crippen molar-refractivity contribution in [2.45, 2.75) is 51.4 Å². The van der Waals surface area contributed by atoms with Gasteiger partial charge in [-0.25, -0.2) is 9.97 Å². The Labute approximate surface area is 167 Å². The molecule has 6 heteroatoms. The van der Waals surface area contributed by atoms with Crippen LogP contribution in [0.5, 0.6) is 0 Å². The number of amides is 1. The molecule has 0 radical (unpaired) electrons. The first-order chi connectivity index (χ1) is 13.6. The normalized spacial score (nSPS) is 19.6. The maximum absolute atomic E-state index is 11.6. The highest BCUT2D eigenvalue weighted by Crippen LogP contribution is 2.39. The summed E-state index contributed by atoms with van der Waals surface area (Å²) in [6, 6.07) is 4.04. The third kappa shape index (κ3) is 5.13. The number of aromatic nitrogens is 3. The van der Waals surface area contributed by atoms with Crippen LogP contribution >= 0.6 is 0 Å². The van der Waals surface area contributed by atoms with E-state index in [2.05, 4.69) is 29.1 Å². The van der Waals surface area contributed by atoms with Gasteiger partial charge in [-0.1, -0.05) is 13.8 Å². The molecule has 0 saturated heterocycles. The molecule has 0 atom stereocenters. The van der Waals surface area contributed by atoms with E-state index in [0.29, 0.717) is 17.8 Å². The molecule has 0 unspecified atom stereocenters. The van der Waals surface area contributed by atoms with Crippen molar-refractivity contribution in [2.24, 2.45) is 5.92 Å². The van der Waals surface area contributed by atoms with E-state index in [1.807, 2.05) is 30.7 Å². The maximum Gasteiger partial charge on any atom is 0.245 e. The lowest BCUT2D eigenvalue weighted by Gasteiger charge is -2.29. The van der Waals surface area contributed by atoms with Crippen molar-refractivity contribution >= 4 is 5.91 Å². The van der Waals surface area contributed by atoms with Crippen LogP contribution in [-0.4, -0.2) is 41.1 Å². The molecule has 1 fully saturated rings. The molecule has 0 aromatic carbocycles. The fourth-order valence-electron chi connectivity index (χ4n) is 3.83. The molecule has 150 valence electrons. The molecule has 2 aromatic rings. The van der Waals surface area contributed by atoms with E-state index in [1.54, 1.807) is 0 Å². The van der Waals surface area contributed by atoms with Crippen LogP contribution in [0.1, 0.15) is 62.9 Å². The number of ether oxygens (including phenoxy) is 1. The number of hydrogen-bond acceptors (Lipinski definition) is 5. The average Bonchev–Trinajstić information content (AvgIpc) is 2.73. The summed E-state index contributed by atoms with van der Waals surface area (Å²) in [5.74, 6) is 2.11. The molecule has 1 aliphatic rings. The van der Waals surface area contributed by atoms with Gasteiger partial charge < -0.3 is 10.1 Å². The summed E-state index contributed by atoms with van der Waals surface area (Å²) in [4.78, 5) is 25.3. The van der Waals surface area contributed by atoms with Crippen LogP contribution in [0.25, 0.3) is 11.1 Å². The minimum absolute atomic E-state index is 0.0398. The molecule has 2 heterocycles. The Kier molecular flexibility index (Phi) is 7.09. The number of rotatable bonds is 7. The Morgan fingerprint density at radius 3 is 2.57 bits per heavy atom. The predicted molar refractivity (Wildman–Crippen MR) is 109 cm³/mol. The van der Waals surface area contributed by atoms with Crippen LogP contribution in [0.2, 0.25) is 0 Å². The summed E-state index contributed by atoms with van der Waals surface area (Å²) in [5, 5.41) is 2.97. The van der Waals surface area contributed by atoms with Crippen LogP contribution in [0.15, 0.2) is 30.7 Å². The lowest BCUT2D eigenvalue weighted by molar-refractivity contribution is -0.124. The fraction of sp³-hybridized carbons (Fsp3) is 0.545. The predicted octanol–water partition coefficient (Wildman–Crippen LogP) is 3.70. The Bertz CT molecular complexity index is 771. The number of carbonyl (C=O) groups excluding carboxylic acids is 1. The smallest absolute Gasteiger partial charge is 0.245 e. The van der Waals surface area contributed by atoms with Crippen molar-refractivity contribution in [3.05, 3.63) is 42.2 Å². The molecule has 0 bridgehead atoms. The van der Waals surface area contributed by atoms with Gasteiger partial charge >= 0.3 is 0 Å². The van der Waals surface area contributed by atoms with Gasteiger partial charge in [0.2, 0.25) is 5.91 Å². The highest BCUT2D eigenvalue weighted by Gasteiger charge is 2.26. The van der Waals surface area contributed by atoms with E-state index >= 15 is 0 Å². The quantitative estimate of drug-likeness (QED) is 0.790. The van der Waals surface area contributed by atoms with E-state index in [-0.39, 0.29) is 12.5 Å². The molecule has 1 saturated carbocycles. The van der Waals surface area contributed by atoms with E-state index in [9.17, 15) is 4.79 Å². The Morgan fingerprint density at radius 2 is 1.93 bits per heavy atom. The van der Waals surface area contributed by atoms with Crippen molar-refractivity contribution in [3.8, 4) is 11.1 Å². The number of pyridine rings is 1. The van der Waals surface area contributed by atoms with Crippen molar-refractivity contribution in [2.75, 3.05) is 20.3 Å². The zero-order valence-corrected chi connectivity index (χ0v) is 17.0. The van der Waals surface area contributed by atoms with Gasteiger partial charge in [0.15, 0.2) is 0 Å². The summed E-state index contributed by atoms with van der Waals surface area (Å²) in [5.41, 5.74) is 3.39. The second-order valence-electron chi connectivity index (χ2n) is 7.87. The largest absolute Gasteiger partial charge is 0.375 e. The lowest BCUT2D eigenvalue weighted by atomic mass is 9.79. The Morgan fingerprint density at radius 1 is 1.21 bits per heavy atom. The molecule has 1 aliphatic carbocycles. The van der Waals surface area contributed by atoms with Crippen LogP contribution in [0.3, 0.4) is 0 Å². The minimum atomic E-state index is -0.0398. The SMILES string of the molecule is COCC(=O)NCC1CCC(c2nc(C(C)C)ncc2-c2ccncc2)CC1. The zero-order valence-electron chi connectivity index (χ0n) is 17.0. The summed E-state index contributed by atoms with van der Waals surface area (Å²) >= 11 is 0. The van der Waals surface area contributed by atoms with Crippen LogP contribution in [0, 0.1) is 5.92 Å². The molecule has 1 N–H and O–H groups in total. The second-order valence-corrected chi connectivity index (χ2v) is 7.87. The molecule has 6 nitrogen and oxygen atoms in total. The van der Waals surface area contributed by atoms with Crippen molar-refractivity contribution in [1.29, 1.82) is 0 Å². The topological polar surface area (TPSA) is 77.0 Å². The molecule has 1 amide bonds. The van der Waals surface area contributed by atoms with E-state index in [4.69, 9.17) is 9.72 Å². The Balaban J connectivity index is 1.72. The number of nitrogens with zero attached hydrogens (tertiary/aromatic N) is 3. The molecular formula is C22H30N4O2. The molecule has 28 heavy (non-hydrogen) atoms. The van der Waals surface area contributed by atoms with Gasteiger partial charge in [-0.3, -0.25) is 9.78 Å². The minimum Gasteiger partial charge on any atom is -0.375 e. The standard InChI is InChI=1S/C22H30N4O2/c1-15(2)22-25-13-19(17-8-10-23-11-9-17)21(26-22)18-6-4-16(5-7-18)12-24-20(27)14-28-3/h8-11,13,15-16,18H,4-7,12,14H2,1-3H3,(H,24,27). The number of carbonyl (C=O) groups is 1. The summed E-state index contributed by atoms with van der Waals surface area (Å²) < 4.78 is 4.87. The van der Waals surface area contributed by atoms with E-state index < -0.39 is 0 Å². The highest BCUT2D eigenvalue weighted by molar-refractivity contribution is 5.77. The number of nitrogens with one attached hydrogen (secondary N) is 1. The maximum atomic E-state index is 11.6. The first-order valence-corrected chi connectivity index (χ1v) is 10.1. The van der Waals surface area contributed by atoms with Crippen LogP contribution in [0.4, 0.5) is 0 Å². The third-order valence-electron chi connectivity index (χ3n) is 5.44. The number of methoxy groups -OCH3 is 1. The highest BCUT2D eigenvalue weighted by atomic mass is 16.5. The molecule has 0 aliphatic heterocycles. The van der Waals surface area contributed by atoms with Gasteiger partial charge in [-0.05, 0) is 49.3 Å². The zero-order chi connectivity index (χ0) is 19.9. The van der Waals surface area contributed by atoms with Gasteiger partial charge in [0.05, 0.1) is 5.69 Å². The molecule has 2 aromatic heterocycles. The van der Waals surface area contributed by atoms with E-state index in [0.717, 1.165) is 54.9 Å². The van der Waals surface area contributed by atoms with Crippen molar-refractivity contribution in [1.82, 2.24) is 20.3 Å². The van der Waals surface area contributed by atoms with Crippen molar-refractivity contribution in [3.63, 3.8) is 0 Å². The lowest BCUT2D eigenvalue weighted by Crippen LogP contribution is -2.33. The summed E-state index contributed by atoms with van der Waals surface area (Å²) in [6.45, 7) is 5.12. The molecular weight excluding hydrogens is 352 g/mol. The Hall–Kier alpha value is -2.34. The average molecular weight is 383 g/mol. The second kappa shape index (κ2) is 9.73. The van der Waals surface area contributed by atoms with Crippen LogP contribution in [-0.2, 0) is 9.53 Å². The monoisotopic (exact) mass is 382 g/mol. The first-order valence-electron chi connectivity index (χ1n) is 10.1. The van der Waals surface area contributed by atoms with Gasteiger partial charge in [-0.2, -0.15) is 0 Å². The van der Waals surface area contributed by atoms with Crippen molar-refractivity contribution < 1.29 is 9.53 Å². The molecule has 0 spiro atoms. The van der Waals surface area contributed by atoms with Crippen LogP contribution < -0.4 is 5.32 Å². The third-order valence-corrected chi connectivity index (χ3v) is 5.44. The van der Waals surface area contributed by atoms with Gasteiger partial charge in [0.25, 0.3) is 0 Å². The van der Waals surface area contributed by atoms with E-state index in [1.165, 1.54) is 7.11 Å². The van der Waals surface area contributed by atoms with Gasteiger partial charge in [-0.15, -0.1) is 0 Å².